The summed E-state index contributed by atoms with van der Waals surface area (Å²) in [6.45, 7) is 2.27. The van der Waals surface area contributed by atoms with Gasteiger partial charge in [-0.05, 0) is 24.8 Å². The molecule has 0 aliphatic carbocycles. The summed E-state index contributed by atoms with van der Waals surface area (Å²) >= 11 is 0. The number of benzene rings is 1. The molecule has 0 unspecified atom stereocenters. The molecule has 0 radical (unpaired) electrons. The Kier molecular flexibility index (Phi) is 4.30. The van der Waals surface area contributed by atoms with Crippen LogP contribution in [0.5, 0.6) is 0 Å². The molecule has 1 aliphatic rings. The molecule has 4 heteroatoms. The van der Waals surface area contributed by atoms with E-state index >= 15 is 0 Å². The Morgan fingerprint density at radius 3 is 2.33 bits per heavy atom. The molecule has 2 nitrogen and oxygen atoms in total. The lowest BCUT2D eigenvalue weighted by Crippen LogP contribution is -2.55. The topological polar surface area (TPSA) is 29.3 Å². The smallest absolute Gasteiger partial charge is 0.256 e. The first kappa shape index (κ1) is 13.4. The Morgan fingerprint density at radius 1 is 1.17 bits per heavy atom. The van der Waals surface area contributed by atoms with Crippen molar-refractivity contribution in [3.63, 3.8) is 0 Å². The molecular formula is C14H20F2N2. The average molecular weight is 254 g/mol. The van der Waals surface area contributed by atoms with Crippen molar-refractivity contribution in [3.05, 3.63) is 35.9 Å². The van der Waals surface area contributed by atoms with E-state index in [1.54, 1.807) is 0 Å². The fraction of sp³-hybridized carbons (Fsp3) is 0.571. The summed E-state index contributed by atoms with van der Waals surface area (Å²) in [5.74, 6) is 0. The van der Waals surface area contributed by atoms with Crippen LogP contribution >= 0.6 is 0 Å². The van der Waals surface area contributed by atoms with Gasteiger partial charge in [-0.25, -0.2) is 8.78 Å². The highest BCUT2D eigenvalue weighted by molar-refractivity contribution is 5.14. The first-order valence-electron chi connectivity index (χ1n) is 6.43. The number of nitrogens with two attached hydrogens (primary N) is 1. The van der Waals surface area contributed by atoms with Crippen molar-refractivity contribution in [3.8, 4) is 0 Å². The third-order valence-corrected chi connectivity index (χ3v) is 3.78. The molecular weight excluding hydrogens is 234 g/mol. The van der Waals surface area contributed by atoms with E-state index in [1.165, 1.54) is 5.56 Å². The zero-order valence-electron chi connectivity index (χ0n) is 10.5. The Balaban J connectivity index is 1.77. The van der Waals surface area contributed by atoms with Gasteiger partial charge in [0.05, 0.1) is 5.54 Å². The SMILES string of the molecule is NC1(C(F)F)CCN(CCc2ccccc2)CC1. The highest BCUT2D eigenvalue weighted by Gasteiger charge is 2.38. The van der Waals surface area contributed by atoms with Crippen molar-refractivity contribution in [2.24, 2.45) is 5.73 Å². The van der Waals surface area contributed by atoms with Gasteiger partial charge >= 0.3 is 0 Å². The van der Waals surface area contributed by atoms with Crippen molar-refractivity contribution in [1.29, 1.82) is 0 Å². The van der Waals surface area contributed by atoms with Crippen LogP contribution in [-0.2, 0) is 6.42 Å². The number of hydrogen-bond acceptors (Lipinski definition) is 2. The highest BCUT2D eigenvalue weighted by atomic mass is 19.3. The van der Waals surface area contributed by atoms with Crippen LogP contribution in [0, 0.1) is 0 Å². The summed E-state index contributed by atoms with van der Waals surface area (Å²) in [4.78, 5) is 2.22. The number of likely N-dealkylation sites (tertiary alicyclic amines) is 1. The molecule has 2 N–H and O–H groups in total. The van der Waals surface area contributed by atoms with E-state index in [0.717, 1.165) is 13.0 Å². The zero-order chi connectivity index (χ0) is 13.0. The molecule has 2 rings (SSSR count). The van der Waals surface area contributed by atoms with Crippen molar-refractivity contribution in [2.75, 3.05) is 19.6 Å². The van der Waals surface area contributed by atoms with Crippen LogP contribution < -0.4 is 5.73 Å². The molecule has 1 aromatic rings. The van der Waals surface area contributed by atoms with E-state index in [1.807, 2.05) is 18.2 Å². The zero-order valence-corrected chi connectivity index (χ0v) is 10.5. The van der Waals surface area contributed by atoms with Crippen LogP contribution in [0.3, 0.4) is 0 Å². The first-order valence-corrected chi connectivity index (χ1v) is 6.43. The van der Waals surface area contributed by atoms with E-state index in [2.05, 4.69) is 17.0 Å². The van der Waals surface area contributed by atoms with E-state index in [4.69, 9.17) is 5.73 Å². The van der Waals surface area contributed by atoms with Crippen LogP contribution in [0.15, 0.2) is 30.3 Å². The normalized spacial score (nSPS) is 20.2. The lowest BCUT2D eigenvalue weighted by molar-refractivity contribution is 0.0123. The third kappa shape index (κ3) is 3.27. The van der Waals surface area contributed by atoms with Gasteiger partial charge in [-0.15, -0.1) is 0 Å². The van der Waals surface area contributed by atoms with Crippen LogP contribution in [0.4, 0.5) is 8.78 Å². The maximum absolute atomic E-state index is 12.7. The summed E-state index contributed by atoms with van der Waals surface area (Å²) in [7, 11) is 0. The van der Waals surface area contributed by atoms with Crippen molar-refractivity contribution in [1.82, 2.24) is 4.90 Å². The molecule has 1 fully saturated rings. The average Bonchev–Trinajstić information content (AvgIpc) is 2.39. The van der Waals surface area contributed by atoms with Gasteiger partial charge in [-0.1, -0.05) is 30.3 Å². The van der Waals surface area contributed by atoms with E-state index < -0.39 is 12.0 Å². The summed E-state index contributed by atoms with van der Waals surface area (Å²) in [6, 6.07) is 10.2. The Hall–Kier alpha value is -1.00. The van der Waals surface area contributed by atoms with Gasteiger partial charge in [-0.3, -0.25) is 0 Å². The van der Waals surface area contributed by atoms with Crippen LogP contribution in [0.2, 0.25) is 0 Å². The van der Waals surface area contributed by atoms with Gasteiger partial charge < -0.3 is 10.6 Å². The van der Waals surface area contributed by atoms with Gasteiger partial charge in [0.15, 0.2) is 0 Å². The van der Waals surface area contributed by atoms with Gasteiger partial charge in [-0.2, -0.15) is 0 Å². The lowest BCUT2D eigenvalue weighted by Gasteiger charge is -2.38. The molecule has 1 aliphatic heterocycles. The number of hydrogen-bond donors (Lipinski definition) is 1. The summed E-state index contributed by atoms with van der Waals surface area (Å²) in [5.41, 5.74) is 5.72. The first-order chi connectivity index (χ1) is 8.60. The molecule has 1 saturated heterocycles. The number of rotatable bonds is 4. The Bertz CT molecular complexity index is 359. The molecule has 1 aromatic carbocycles. The molecule has 0 bridgehead atoms. The number of piperidine rings is 1. The predicted molar refractivity (Wildman–Crippen MR) is 68.7 cm³/mol. The van der Waals surface area contributed by atoms with Crippen LogP contribution in [-0.4, -0.2) is 36.5 Å². The summed E-state index contributed by atoms with van der Waals surface area (Å²) < 4.78 is 25.5. The molecule has 0 spiro atoms. The molecule has 0 amide bonds. The number of alkyl halides is 2. The standard InChI is InChI=1S/C14H20F2N2/c15-13(16)14(17)7-10-18(11-8-14)9-6-12-4-2-1-3-5-12/h1-5,13H,6-11,17H2. The second kappa shape index (κ2) is 5.76. The largest absolute Gasteiger partial charge is 0.320 e. The molecule has 0 aromatic heterocycles. The monoisotopic (exact) mass is 254 g/mol. The third-order valence-electron chi connectivity index (χ3n) is 3.78. The number of halogens is 2. The second-order valence-electron chi connectivity index (χ2n) is 5.11. The van der Waals surface area contributed by atoms with Gasteiger partial charge in [0.25, 0.3) is 6.43 Å². The minimum Gasteiger partial charge on any atom is -0.320 e. The van der Waals surface area contributed by atoms with Crippen LogP contribution in [0.25, 0.3) is 0 Å². The second-order valence-corrected chi connectivity index (χ2v) is 5.11. The number of nitrogens with zero attached hydrogens (tertiary/aromatic N) is 1. The fourth-order valence-corrected chi connectivity index (χ4v) is 2.34. The molecule has 1 heterocycles. The summed E-state index contributed by atoms with van der Waals surface area (Å²) in [6.07, 6.45) is -0.666. The maximum Gasteiger partial charge on any atom is 0.256 e. The Morgan fingerprint density at radius 2 is 1.78 bits per heavy atom. The minimum absolute atomic E-state index is 0.388. The fourth-order valence-electron chi connectivity index (χ4n) is 2.34. The molecule has 100 valence electrons. The molecule has 18 heavy (non-hydrogen) atoms. The highest BCUT2D eigenvalue weighted by Crippen LogP contribution is 2.26. The van der Waals surface area contributed by atoms with Crippen LogP contribution in [0.1, 0.15) is 18.4 Å². The van der Waals surface area contributed by atoms with E-state index in [9.17, 15) is 8.78 Å². The van der Waals surface area contributed by atoms with E-state index in [0.29, 0.717) is 25.9 Å². The molecule has 0 atom stereocenters. The van der Waals surface area contributed by atoms with E-state index in [-0.39, 0.29) is 0 Å². The van der Waals surface area contributed by atoms with Gasteiger partial charge in [0, 0.05) is 19.6 Å². The summed E-state index contributed by atoms with van der Waals surface area (Å²) in [5, 5.41) is 0. The lowest BCUT2D eigenvalue weighted by atomic mass is 9.89. The van der Waals surface area contributed by atoms with Crippen molar-refractivity contribution < 1.29 is 8.78 Å². The van der Waals surface area contributed by atoms with Gasteiger partial charge in [0.1, 0.15) is 0 Å². The minimum atomic E-state index is -2.41. The van der Waals surface area contributed by atoms with Crippen molar-refractivity contribution in [2.45, 2.75) is 31.2 Å². The van der Waals surface area contributed by atoms with Gasteiger partial charge in [0.2, 0.25) is 0 Å². The Labute approximate surface area is 107 Å². The maximum atomic E-state index is 12.7. The predicted octanol–water partition coefficient (Wildman–Crippen LogP) is 2.29. The molecule has 0 saturated carbocycles. The van der Waals surface area contributed by atoms with Crippen molar-refractivity contribution >= 4 is 0 Å². The quantitative estimate of drug-likeness (QED) is 0.893.